The van der Waals surface area contributed by atoms with Crippen molar-refractivity contribution in [3.05, 3.63) is 65.4 Å². The lowest BCUT2D eigenvalue weighted by Gasteiger charge is -2.16. The summed E-state index contributed by atoms with van der Waals surface area (Å²) in [4.78, 5) is 26.2. The summed E-state index contributed by atoms with van der Waals surface area (Å²) in [7, 11) is 1.52. The first-order valence-corrected chi connectivity index (χ1v) is 8.21. The first-order valence-electron chi connectivity index (χ1n) is 8.21. The van der Waals surface area contributed by atoms with Gasteiger partial charge in [0.05, 0.1) is 25.8 Å². The van der Waals surface area contributed by atoms with Gasteiger partial charge in [0, 0.05) is 5.56 Å². The number of imide groups is 1. The maximum atomic E-state index is 12.8. The lowest BCUT2D eigenvalue weighted by atomic mass is 10.1. The Morgan fingerprint density at radius 1 is 1.00 bits per heavy atom. The minimum absolute atomic E-state index is 0.00653. The summed E-state index contributed by atoms with van der Waals surface area (Å²) in [6, 6.07) is 13.8. The zero-order valence-corrected chi connectivity index (χ0v) is 14.6. The van der Waals surface area contributed by atoms with Crippen LogP contribution in [0.4, 0.5) is 0 Å². The minimum atomic E-state index is -0.718. The van der Waals surface area contributed by atoms with Crippen LogP contribution in [-0.2, 0) is 16.1 Å². The molecule has 1 aliphatic heterocycles. The molecule has 0 saturated carbocycles. The van der Waals surface area contributed by atoms with Gasteiger partial charge in [-0.05, 0) is 30.7 Å². The number of ether oxygens (including phenoxy) is 2. The second-order valence-corrected chi connectivity index (χ2v) is 5.69. The van der Waals surface area contributed by atoms with E-state index in [9.17, 15) is 14.7 Å². The molecule has 0 spiro atoms. The molecule has 6 heteroatoms. The van der Waals surface area contributed by atoms with E-state index >= 15 is 0 Å². The zero-order chi connectivity index (χ0) is 18.7. The molecule has 6 nitrogen and oxygen atoms in total. The number of benzene rings is 2. The molecule has 134 valence electrons. The highest BCUT2D eigenvalue weighted by Gasteiger charge is 2.39. The van der Waals surface area contributed by atoms with Gasteiger partial charge in [-0.25, -0.2) is 0 Å². The zero-order valence-electron chi connectivity index (χ0n) is 14.6. The molecule has 0 aliphatic carbocycles. The summed E-state index contributed by atoms with van der Waals surface area (Å²) in [6.07, 6.45) is 0. The second kappa shape index (κ2) is 7.31. The number of hydrogen-bond donors (Lipinski definition) is 1. The number of para-hydroxylation sites is 1. The van der Waals surface area contributed by atoms with Crippen molar-refractivity contribution in [3.63, 3.8) is 0 Å². The molecule has 3 rings (SSSR count). The van der Waals surface area contributed by atoms with E-state index in [1.54, 1.807) is 48.5 Å². The van der Waals surface area contributed by atoms with Gasteiger partial charge in [0.25, 0.3) is 11.8 Å². The van der Waals surface area contributed by atoms with Gasteiger partial charge in [0.15, 0.2) is 5.76 Å². The van der Waals surface area contributed by atoms with Crippen LogP contribution in [0, 0.1) is 0 Å². The number of aliphatic hydroxyl groups excluding tert-OH is 1. The van der Waals surface area contributed by atoms with E-state index in [0.29, 0.717) is 29.2 Å². The Hall–Kier alpha value is -3.28. The standard InChI is InChI=1S/C20H19NO5/c1-3-26-15-10-8-13(9-11-15)17-18(22)20(24)21(19(17)23)12-14-6-4-5-7-16(14)25-2/h4-11,22H,3,12H2,1-2H3. The summed E-state index contributed by atoms with van der Waals surface area (Å²) < 4.78 is 10.6. The molecular weight excluding hydrogens is 334 g/mol. The Bertz CT molecular complexity index is 870. The number of rotatable bonds is 6. The molecule has 0 fully saturated rings. The van der Waals surface area contributed by atoms with Crippen molar-refractivity contribution >= 4 is 17.4 Å². The first-order chi connectivity index (χ1) is 12.6. The van der Waals surface area contributed by atoms with Gasteiger partial charge >= 0.3 is 0 Å². The van der Waals surface area contributed by atoms with Crippen molar-refractivity contribution in [1.29, 1.82) is 0 Å². The summed E-state index contributed by atoms with van der Waals surface area (Å²) in [6.45, 7) is 2.42. The lowest BCUT2D eigenvalue weighted by molar-refractivity contribution is -0.138. The van der Waals surface area contributed by atoms with E-state index in [1.165, 1.54) is 7.11 Å². The van der Waals surface area contributed by atoms with Crippen molar-refractivity contribution in [3.8, 4) is 11.5 Å². The van der Waals surface area contributed by atoms with E-state index in [-0.39, 0.29) is 12.1 Å². The highest BCUT2D eigenvalue weighted by atomic mass is 16.5. The molecule has 26 heavy (non-hydrogen) atoms. The number of methoxy groups -OCH3 is 1. The fourth-order valence-electron chi connectivity index (χ4n) is 2.86. The summed E-state index contributed by atoms with van der Waals surface area (Å²) in [5.74, 6) is -0.581. The minimum Gasteiger partial charge on any atom is -0.502 e. The van der Waals surface area contributed by atoms with Crippen molar-refractivity contribution in [2.24, 2.45) is 0 Å². The van der Waals surface area contributed by atoms with Crippen LogP contribution >= 0.6 is 0 Å². The third kappa shape index (κ3) is 3.13. The van der Waals surface area contributed by atoms with Gasteiger partial charge < -0.3 is 14.6 Å². The average molecular weight is 353 g/mol. The number of aliphatic hydroxyl groups is 1. The number of amides is 2. The SMILES string of the molecule is CCOc1ccc(C2=C(O)C(=O)N(Cc3ccccc3OC)C2=O)cc1. The smallest absolute Gasteiger partial charge is 0.296 e. The Balaban J connectivity index is 1.87. The molecule has 2 aromatic rings. The Labute approximate surface area is 151 Å². The predicted octanol–water partition coefficient (Wildman–Crippen LogP) is 2.93. The maximum absolute atomic E-state index is 12.8. The number of carbonyl (C=O) groups excluding carboxylic acids is 2. The van der Waals surface area contributed by atoms with Crippen LogP contribution in [0.5, 0.6) is 11.5 Å². The van der Waals surface area contributed by atoms with Crippen LogP contribution in [0.1, 0.15) is 18.1 Å². The second-order valence-electron chi connectivity index (χ2n) is 5.69. The normalized spacial score (nSPS) is 14.2. The monoisotopic (exact) mass is 353 g/mol. The third-order valence-electron chi connectivity index (χ3n) is 4.12. The van der Waals surface area contributed by atoms with Crippen LogP contribution in [0.3, 0.4) is 0 Å². The topological polar surface area (TPSA) is 76.1 Å². The molecule has 2 amide bonds. The largest absolute Gasteiger partial charge is 0.502 e. The molecule has 1 aliphatic rings. The number of hydrogen-bond acceptors (Lipinski definition) is 5. The average Bonchev–Trinajstić information content (AvgIpc) is 2.87. The number of carbonyl (C=O) groups is 2. The Kier molecular flexibility index (Phi) is 4.93. The Morgan fingerprint density at radius 2 is 1.69 bits per heavy atom. The molecule has 0 radical (unpaired) electrons. The van der Waals surface area contributed by atoms with E-state index in [1.807, 2.05) is 6.92 Å². The predicted molar refractivity (Wildman–Crippen MR) is 95.7 cm³/mol. The highest BCUT2D eigenvalue weighted by Crippen LogP contribution is 2.31. The molecular formula is C20H19NO5. The molecule has 0 bridgehead atoms. The fraction of sp³-hybridized carbons (Fsp3) is 0.200. The van der Waals surface area contributed by atoms with Gasteiger partial charge in [-0.2, -0.15) is 0 Å². The van der Waals surface area contributed by atoms with E-state index in [2.05, 4.69) is 0 Å². The van der Waals surface area contributed by atoms with Gasteiger partial charge in [-0.3, -0.25) is 14.5 Å². The molecule has 2 aromatic carbocycles. The van der Waals surface area contributed by atoms with E-state index < -0.39 is 17.6 Å². The fourth-order valence-corrected chi connectivity index (χ4v) is 2.86. The van der Waals surface area contributed by atoms with Gasteiger partial charge in [0.1, 0.15) is 11.5 Å². The molecule has 0 aromatic heterocycles. The highest BCUT2D eigenvalue weighted by molar-refractivity contribution is 6.34. The molecule has 0 unspecified atom stereocenters. The van der Waals surface area contributed by atoms with Gasteiger partial charge in [-0.15, -0.1) is 0 Å². The van der Waals surface area contributed by atoms with Gasteiger partial charge in [0.2, 0.25) is 0 Å². The van der Waals surface area contributed by atoms with Crippen molar-refractivity contribution in [2.75, 3.05) is 13.7 Å². The van der Waals surface area contributed by atoms with Crippen LogP contribution < -0.4 is 9.47 Å². The summed E-state index contributed by atoms with van der Waals surface area (Å²) in [5, 5.41) is 10.2. The molecule has 1 heterocycles. The number of nitrogens with zero attached hydrogens (tertiary/aromatic N) is 1. The van der Waals surface area contributed by atoms with Crippen molar-refractivity contribution in [2.45, 2.75) is 13.5 Å². The van der Waals surface area contributed by atoms with Crippen LogP contribution in [-0.4, -0.2) is 35.5 Å². The van der Waals surface area contributed by atoms with E-state index in [0.717, 1.165) is 4.90 Å². The summed E-state index contributed by atoms with van der Waals surface area (Å²) in [5.41, 5.74) is 1.14. The first kappa shape index (κ1) is 17.5. The Morgan fingerprint density at radius 3 is 2.35 bits per heavy atom. The van der Waals surface area contributed by atoms with Crippen molar-refractivity contribution < 1.29 is 24.2 Å². The quantitative estimate of drug-likeness (QED) is 0.808. The van der Waals surface area contributed by atoms with Crippen LogP contribution in [0.15, 0.2) is 54.3 Å². The molecule has 1 N–H and O–H groups in total. The third-order valence-corrected chi connectivity index (χ3v) is 4.12. The lowest BCUT2D eigenvalue weighted by Crippen LogP contribution is -2.31. The summed E-state index contributed by atoms with van der Waals surface area (Å²) >= 11 is 0. The van der Waals surface area contributed by atoms with E-state index in [4.69, 9.17) is 9.47 Å². The maximum Gasteiger partial charge on any atom is 0.296 e. The van der Waals surface area contributed by atoms with Crippen LogP contribution in [0.2, 0.25) is 0 Å². The van der Waals surface area contributed by atoms with Crippen molar-refractivity contribution in [1.82, 2.24) is 4.90 Å². The molecule has 0 saturated heterocycles. The van der Waals surface area contributed by atoms with Gasteiger partial charge in [-0.1, -0.05) is 30.3 Å². The van der Waals surface area contributed by atoms with Crippen LogP contribution in [0.25, 0.3) is 5.57 Å². The molecule has 0 atom stereocenters.